The Hall–Kier alpha value is -1.88. The minimum atomic E-state index is -0.443. The Morgan fingerprint density at radius 1 is 1.50 bits per heavy atom. The van der Waals surface area contributed by atoms with Crippen LogP contribution in [0.15, 0.2) is 22.7 Å². The molecule has 1 atom stereocenters. The van der Waals surface area contributed by atoms with Crippen molar-refractivity contribution in [3.05, 3.63) is 51.6 Å². The number of halogens is 2. The number of benzene rings is 1. The van der Waals surface area contributed by atoms with Crippen molar-refractivity contribution in [2.75, 3.05) is 6.54 Å². The second kappa shape index (κ2) is 6.93. The number of nitrogens with zero attached hydrogens (tertiary/aromatic N) is 2. The van der Waals surface area contributed by atoms with Crippen LogP contribution in [0.4, 0.5) is 4.39 Å². The maximum absolute atomic E-state index is 14.0. The van der Waals surface area contributed by atoms with E-state index in [9.17, 15) is 9.18 Å². The van der Waals surface area contributed by atoms with Crippen molar-refractivity contribution >= 4 is 17.5 Å². The predicted molar refractivity (Wildman–Crippen MR) is 89.4 cm³/mol. The fourth-order valence-electron chi connectivity index (χ4n) is 3.42. The van der Waals surface area contributed by atoms with E-state index >= 15 is 0 Å². The molecule has 6 heteroatoms. The monoisotopic (exact) mass is 350 g/mol. The second-order valence-corrected chi connectivity index (χ2v) is 6.49. The summed E-state index contributed by atoms with van der Waals surface area (Å²) in [6.07, 6.45) is 2.47. The fraction of sp³-hybridized carbons (Fsp3) is 0.444. The quantitative estimate of drug-likeness (QED) is 0.828. The summed E-state index contributed by atoms with van der Waals surface area (Å²) in [5, 5.41) is 4.33. The Kier molecular flexibility index (Phi) is 4.90. The summed E-state index contributed by atoms with van der Waals surface area (Å²) in [5.41, 5.74) is 2.08. The largest absolute Gasteiger partial charge is 0.361 e. The number of hydrogen-bond acceptors (Lipinski definition) is 3. The Labute approximate surface area is 145 Å². The van der Waals surface area contributed by atoms with Gasteiger partial charge in [0.05, 0.1) is 18.2 Å². The molecule has 0 saturated carbocycles. The van der Waals surface area contributed by atoms with Crippen molar-refractivity contribution in [3.8, 4) is 0 Å². The highest BCUT2D eigenvalue weighted by molar-refractivity contribution is 6.31. The summed E-state index contributed by atoms with van der Waals surface area (Å²) in [5.74, 6) is 0.260. The van der Waals surface area contributed by atoms with Crippen LogP contribution in [0.1, 0.15) is 48.4 Å². The average Bonchev–Trinajstić information content (AvgIpc) is 3.16. The van der Waals surface area contributed by atoms with Crippen LogP contribution in [0.2, 0.25) is 5.02 Å². The number of hydrogen-bond donors (Lipinski definition) is 0. The molecule has 24 heavy (non-hydrogen) atoms. The molecule has 0 unspecified atom stereocenters. The number of rotatable bonds is 4. The smallest absolute Gasteiger partial charge is 0.227 e. The molecule has 2 aromatic rings. The zero-order chi connectivity index (χ0) is 17.3. The second-order valence-electron chi connectivity index (χ2n) is 6.08. The van der Waals surface area contributed by atoms with Crippen molar-refractivity contribution < 1.29 is 13.7 Å². The molecular formula is C18H20ClFN2O2. The van der Waals surface area contributed by atoms with Gasteiger partial charge in [-0.25, -0.2) is 4.39 Å². The van der Waals surface area contributed by atoms with Crippen LogP contribution in [0, 0.1) is 12.7 Å². The molecule has 1 aromatic heterocycles. The van der Waals surface area contributed by atoms with Crippen LogP contribution >= 0.6 is 11.6 Å². The Bertz CT molecular complexity index is 739. The normalized spacial score (nSPS) is 17.5. The fourth-order valence-corrected chi connectivity index (χ4v) is 3.65. The molecule has 1 amide bonds. The van der Waals surface area contributed by atoms with Crippen LogP contribution in [0.5, 0.6) is 0 Å². The van der Waals surface area contributed by atoms with Gasteiger partial charge in [-0.3, -0.25) is 4.79 Å². The summed E-state index contributed by atoms with van der Waals surface area (Å²) in [6.45, 7) is 4.56. The highest BCUT2D eigenvalue weighted by Gasteiger charge is 2.34. The predicted octanol–water partition coefficient (Wildman–Crippen LogP) is 4.24. The van der Waals surface area contributed by atoms with Gasteiger partial charge in [0.25, 0.3) is 0 Å². The Morgan fingerprint density at radius 2 is 2.29 bits per heavy atom. The van der Waals surface area contributed by atoms with Gasteiger partial charge in [-0.05, 0) is 31.9 Å². The van der Waals surface area contributed by atoms with Crippen molar-refractivity contribution in [2.24, 2.45) is 0 Å². The molecule has 2 heterocycles. The Balaban J connectivity index is 1.85. The van der Waals surface area contributed by atoms with Gasteiger partial charge in [0.2, 0.25) is 5.91 Å². The van der Waals surface area contributed by atoms with Gasteiger partial charge in [-0.2, -0.15) is 0 Å². The van der Waals surface area contributed by atoms with E-state index < -0.39 is 5.82 Å². The number of aromatic nitrogens is 1. The molecular weight excluding hydrogens is 331 g/mol. The summed E-state index contributed by atoms with van der Waals surface area (Å²) in [6, 6.07) is 4.42. The van der Waals surface area contributed by atoms with E-state index in [0.717, 1.165) is 36.3 Å². The van der Waals surface area contributed by atoms with E-state index in [1.165, 1.54) is 6.07 Å². The third-order valence-electron chi connectivity index (χ3n) is 4.60. The molecule has 1 saturated heterocycles. The van der Waals surface area contributed by atoms with Crippen LogP contribution in [0.3, 0.4) is 0 Å². The number of amides is 1. The SMILES string of the molecule is CCc1onc(C)c1[C@H]1CCCN1C(=O)Cc1c(F)cccc1Cl. The zero-order valence-corrected chi connectivity index (χ0v) is 14.6. The molecule has 4 nitrogen and oxygen atoms in total. The van der Waals surface area contributed by atoms with Crippen LogP contribution < -0.4 is 0 Å². The van der Waals surface area contributed by atoms with Gasteiger partial charge in [0, 0.05) is 29.1 Å². The molecule has 0 spiro atoms. The molecule has 0 aliphatic carbocycles. The van der Waals surface area contributed by atoms with Crippen molar-refractivity contribution in [2.45, 2.75) is 45.6 Å². The summed E-state index contributed by atoms with van der Waals surface area (Å²) < 4.78 is 19.3. The summed E-state index contributed by atoms with van der Waals surface area (Å²) in [4.78, 5) is 14.6. The first-order valence-electron chi connectivity index (χ1n) is 8.20. The molecule has 0 N–H and O–H groups in total. The van der Waals surface area contributed by atoms with Gasteiger partial charge in [-0.1, -0.05) is 29.7 Å². The third kappa shape index (κ3) is 3.05. The molecule has 0 radical (unpaired) electrons. The van der Waals surface area contributed by atoms with Crippen molar-refractivity contribution in [1.29, 1.82) is 0 Å². The van der Waals surface area contributed by atoms with Gasteiger partial charge in [0.1, 0.15) is 11.6 Å². The first-order chi connectivity index (χ1) is 11.5. The standard InChI is InChI=1S/C18H20ClFN2O2/c1-3-16-18(11(2)21-24-16)15-8-5-9-22(15)17(23)10-12-13(19)6-4-7-14(12)20/h4,6-7,15H,3,5,8-10H2,1-2H3/t15-/m1/s1. The van der Waals surface area contributed by atoms with Crippen LogP contribution in [0.25, 0.3) is 0 Å². The lowest BCUT2D eigenvalue weighted by Crippen LogP contribution is -2.32. The molecule has 3 rings (SSSR count). The molecule has 1 aromatic carbocycles. The van der Waals surface area contributed by atoms with Crippen LogP contribution in [-0.4, -0.2) is 22.5 Å². The number of carbonyl (C=O) groups is 1. The van der Waals surface area contributed by atoms with E-state index in [1.54, 1.807) is 12.1 Å². The lowest BCUT2D eigenvalue weighted by atomic mass is 10.0. The molecule has 1 aliphatic rings. The Morgan fingerprint density at radius 3 is 3.00 bits per heavy atom. The number of carbonyl (C=O) groups excluding carboxylic acids is 1. The summed E-state index contributed by atoms with van der Waals surface area (Å²) >= 11 is 6.05. The van der Waals surface area contributed by atoms with E-state index in [1.807, 2.05) is 18.7 Å². The minimum Gasteiger partial charge on any atom is -0.361 e. The lowest BCUT2D eigenvalue weighted by Gasteiger charge is -2.25. The van der Waals surface area contributed by atoms with E-state index in [-0.39, 0.29) is 29.0 Å². The molecule has 0 bridgehead atoms. The molecule has 1 fully saturated rings. The lowest BCUT2D eigenvalue weighted by molar-refractivity contribution is -0.131. The van der Waals surface area contributed by atoms with Gasteiger partial charge < -0.3 is 9.42 Å². The maximum atomic E-state index is 14.0. The van der Waals surface area contributed by atoms with Gasteiger partial charge in [0.15, 0.2) is 0 Å². The first-order valence-corrected chi connectivity index (χ1v) is 8.58. The number of aryl methyl sites for hydroxylation is 2. The molecule has 1 aliphatic heterocycles. The minimum absolute atomic E-state index is 0.0339. The van der Waals surface area contributed by atoms with Crippen LogP contribution in [-0.2, 0) is 17.6 Å². The van der Waals surface area contributed by atoms with E-state index in [4.69, 9.17) is 16.1 Å². The number of likely N-dealkylation sites (tertiary alicyclic amines) is 1. The average molecular weight is 351 g/mol. The topological polar surface area (TPSA) is 46.3 Å². The van der Waals surface area contributed by atoms with Gasteiger partial charge in [-0.15, -0.1) is 0 Å². The van der Waals surface area contributed by atoms with Crippen molar-refractivity contribution in [1.82, 2.24) is 10.1 Å². The van der Waals surface area contributed by atoms with E-state index in [2.05, 4.69) is 5.16 Å². The van der Waals surface area contributed by atoms with E-state index in [0.29, 0.717) is 6.54 Å². The highest BCUT2D eigenvalue weighted by Crippen LogP contribution is 2.36. The molecule has 128 valence electrons. The first kappa shape index (κ1) is 17.0. The van der Waals surface area contributed by atoms with Crippen molar-refractivity contribution in [3.63, 3.8) is 0 Å². The highest BCUT2D eigenvalue weighted by atomic mass is 35.5. The zero-order valence-electron chi connectivity index (χ0n) is 13.8. The maximum Gasteiger partial charge on any atom is 0.227 e. The van der Waals surface area contributed by atoms with Gasteiger partial charge >= 0.3 is 0 Å². The third-order valence-corrected chi connectivity index (χ3v) is 4.95. The summed E-state index contributed by atoms with van der Waals surface area (Å²) in [7, 11) is 0.